The molecule has 0 radical (unpaired) electrons. The molecule has 4 N–H and O–H groups in total. The Hall–Kier alpha value is -2.75. The van der Waals surface area contributed by atoms with Gasteiger partial charge in [0.15, 0.2) is 5.69 Å². The summed E-state index contributed by atoms with van der Waals surface area (Å²) >= 11 is 0. The molecule has 0 bridgehead atoms. The van der Waals surface area contributed by atoms with Crippen molar-refractivity contribution in [3.63, 3.8) is 0 Å². The van der Waals surface area contributed by atoms with Gasteiger partial charge in [0.1, 0.15) is 24.0 Å². The number of hydrogen-bond acceptors (Lipinski definition) is 3. The number of aromatic nitrogens is 2. The van der Waals surface area contributed by atoms with E-state index in [0.29, 0.717) is 30.2 Å². The summed E-state index contributed by atoms with van der Waals surface area (Å²) in [4.78, 5) is 13.0. The minimum absolute atomic E-state index is 0. The average molecular weight is 787 g/mol. The van der Waals surface area contributed by atoms with Crippen LogP contribution in [0, 0.1) is 54.5 Å². The van der Waals surface area contributed by atoms with E-state index in [1.165, 1.54) is 24.3 Å². The van der Waals surface area contributed by atoms with E-state index in [0.717, 1.165) is 16.8 Å². The number of benzene rings is 2. The normalized spacial score (nSPS) is 18.5. The summed E-state index contributed by atoms with van der Waals surface area (Å²) in [7, 11) is 0. The largest absolute Gasteiger partial charge is 0.674 e. The summed E-state index contributed by atoms with van der Waals surface area (Å²) in [6.07, 6.45) is -2.27. The molecule has 2 aliphatic carbocycles. The van der Waals surface area contributed by atoms with Crippen molar-refractivity contribution >= 4 is 12.0 Å². The van der Waals surface area contributed by atoms with Gasteiger partial charge in [-0.25, -0.2) is 13.2 Å². The fraction of sp³-hybridized carbons (Fsp3) is 0.333. The summed E-state index contributed by atoms with van der Waals surface area (Å²) in [6.45, 7) is -0.815. The Morgan fingerprint density at radius 3 is 2.52 bits per heavy atom. The van der Waals surface area contributed by atoms with Gasteiger partial charge in [0.05, 0.1) is 6.04 Å². The van der Waals surface area contributed by atoms with E-state index >= 15 is 0 Å². The maximum atomic E-state index is 13.8. The fourth-order valence-corrected chi connectivity index (χ4v) is 5.24. The fourth-order valence-electron chi connectivity index (χ4n) is 5.24. The van der Waals surface area contributed by atoms with Crippen molar-refractivity contribution in [1.29, 1.82) is 0 Å². The van der Waals surface area contributed by atoms with Gasteiger partial charge in [0.25, 0.3) is 0 Å². The molecule has 0 aliphatic heterocycles. The van der Waals surface area contributed by atoms with E-state index in [9.17, 15) is 31.1 Å². The van der Waals surface area contributed by atoms with Gasteiger partial charge >= 0.3 is 6.18 Å². The van der Waals surface area contributed by atoms with Crippen LogP contribution in [0.15, 0.2) is 42.1 Å². The molecule has 3 atom stereocenters. The van der Waals surface area contributed by atoms with Crippen LogP contribution in [0.4, 0.5) is 26.3 Å². The monoisotopic (exact) mass is 786 g/mol. The summed E-state index contributed by atoms with van der Waals surface area (Å²) in [6, 6.07) is 5.83. The van der Waals surface area contributed by atoms with Gasteiger partial charge in [-0.05, 0) is 72.1 Å². The topological polar surface area (TPSA) is 96.7 Å². The number of hydrogen-bond donors (Lipinski definition) is 2. The van der Waals surface area contributed by atoms with Crippen LogP contribution >= 0.6 is 0 Å². The van der Waals surface area contributed by atoms with Crippen molar-refractivity contribution in [1.82, 2.24) is 15.1 Å². The molecule has 3 aromatic rings. The number of rotatable bonds is 8. The van der Waals surface area contributed by atoms with Crippen LogP contribution in [0.2, 0.25) is 0 Å². The van der Waals surface area contributed by atoms with Gasteiger partial charge in [-0.2, -0.15) is 18.3 Å². The molecule has 0 saturated heterocycles. The third-order valence-electron chi connectivity index (χ3n) is 7.10. The second kappa shape index (κ2) is 11.6. The first-order valence-corrected chi connectivity index (χ1v) is 12.2. The molecule has 13 heteroatoms. The van der Waals surface area contributed by atoms with E-state index in [1.54, 1.807) is 0 Å². The minimum Gasteiger partial charge on any atom is -0.674 e. The van der Waals surface area contributed by atoms with E-state index in [2.05, 4.69) is 10.4 Å². The first kappa shape index (κ1) is 30.2. The van der Waals surface area contributed by atoms with Crippen molar-refractivity contribution in [2.75, 3.05) is 0 Å². The number of carbonyl (C=O) groups is 1. The van der Waals surface area contributed by atoms with Crippen LogP contribution in [0.5, 0.6) is 0 Å². The van der Waals surface area contributed by atoms with Crippen LogP contribution in [0.1, 0.15) is 46.0 Å². The molecule has 5 rings (SSSR count). The van der Waals surface area contributed by atoms with E-state index in [-0.39, 0.29) is 78.3 Å². The van der Waals surface area contributed by atoms with Crippen LogP contribution in [0.25, 0.3) is 11.8 Å². The molecule has 6 nitrogen and oxygen atoms in total. The van der Waals surface area contributed by atoms with Gasteiger partial charge in [0, 0.05) is 54.1 Å². The molecule has 2 aliphatic rings. The van der Waals surface area contributed by atoms with Crippen LogP contribution in [0.3, 0.4) is 0 Å². The zero-order chi connectivity index (χ0) is 28.1. The molecule has 1 amide bonds. The number of amides is 1. The minimum atomic E-state index is -4.65. The quantitative estimate of drug-likeness (QED) is 0.306. The zero-order valence-electron chi connectivity index (χ0n) is 21.0. The zero-order valence-corrected chi connectivity index (χ0v) is 25.1. The molecule has 2 unspecified atom stereocenters. The SMILES string of the molecule is [NH-]Cc1cc(/C=C(/N)[C@H](Cc2cc(F)cc(F)c2)NC(=O)Cn2nc(C(F)(F)F)c3c2CC2CC32)ccc1F.[U]. The van der Waals surface area contributed by atoms with Crippen LogP contribution in [-0.2, 0) is 36.9 Å². The maximum Gasteiger partial charge on any atom is 0.435 e. The smallest absolute Gasteiger partial charge is 0.435 e. The van der Waals surface area contributed by atoms with Crippen molar-refractivity contribution in [2.24, 2.45) is 11.7 Å². The first-order chi connectivity index (χ1) is 18.4. The van der Waals surface area contributed by atoms with Gasteiger partial charge in [0.2, 0.25) is 5.91 Å². The number of alkyl halides is 3. The number of nitrogens with zero attached hydrogens (tertiary/aromatic N) is 2. The Bertz CT molecular complexity index is 1450. The first-order valence-electron chi connectivity index (χ1n) is 12.2. The molecule has 40 heavy (non-hydrogen) atoms. The van der Waals surface area contributed by atoms with Gasteiger partial charge in [-0.3, -0.25) is 9.48 Å². The molecule has 1 saturated carbocycles. The van der Waals surface area contributed by atoms with Crippen molar-refractivity contribution < 1.29 is 62.3 Å². The molecule has 1 aromatic heterocycles. The number of carbonyl (C=O) groups excluding carboxylic acids is 1. The number of nitrogens with one attached hydrogen (secondary N) is 2. The standard InChI is InChI=1S/C27H24F6N5O.U/c28-17-4-14(5-18(29)10-17)7-22(21(35)6-13-1-2-20(30)16(3-13)11-34)36-24(39)12-38-23-9-15-8-19(15)25(23)26(37-38)27(31,32)33;/h1-6,10,15,19,22,34H,7-9,11-12,35H2,(H,36,39);/q-1;/b21-6+;/t15?,19?,22-;/m0./s1. The summed E-state index contributed by atoms with van der Waals surface area (Å²) < 4.78 is 83.3. The molecule has 1 heterocycles. The average Bonchev–Trinajstić information content (AvgIpc) is 3.36. The third-order valence-corrected chi connectivity index (χ3v) is 7.10. The van der Waals surface area contributed by atoms with Gasteiger partial charge in [-0.1, -0.05) is 12.1 Å². The van der Waals surface area contributed by atoms with E-state index in [4.69, 9.17) is 11.5 Å². The molecule has 1 fully saturated rings. The van der Waals surface area contributed by atoms with Crippen LogP contribution in [-0.4, -0.2) is 21.7 Å². The molecule has 210 valence electrons. The van der Waals surface area contributed by atoms with Crippen LogP contribution < -0.4 is 11.1 Å². The predicted octanol–water partition coefficient (Wildman–Crippen LogP) is 5.26. The summed E-state index contributed by atoms with van der Waals surface area (Å²) in [5.74, 6) is -2.98. The molecular weight excluding hydrogens is 762 g/mol. The Morgan fingerprint density at radius 1 is 1.18 bits per heavy atom. The second-order valence-electron chi connectivity index (χ2n) is 9.94. The van der Waals surface area contributed by atoms with Gasteiger partial charge in [-0.15, -0.1) is 6.54 Å². The van der Waals surface area contributed by atoms with Gasteiger partial charge < -0.3 is 16.8 Å². The third kappa shape index (κ3) is 6.42. The van der Waals surface area contributed by atoms with Crippen molar-refractivity contribution in [3.05, 3.63) is 98.9 Å². The van der Waals surface area contributed by atoms with E-state index in [1.807, 2.05) is 0 Å². The van der Waals surface area contributed by atoms with E-state index < -0.39 is 47.8 Å². The second-order valence-corrected chi connectivity index (χ2v) is 9.94. The van der Waals surface area contributed by atoms with Crippen molar-refractivity contribution in [2.45, 2.75) is 50.5 Å². The summed E-state index contributed by atoms with van der Waals surface area (Å²) in [5, 5.41) is 6.35. The Morgan fingerprint density at radius 2 is 1.88 bits per heavy atom. The molecule has 2 aromatic carbocycles. The Kier molecular flexibility index (Phi) is 8.78. The number of nitrogens with two attached hydrogens (primary N) is 1. The maximum absolute atomic E-state index is 13.8. The molecule has 0 spiro atoms. The predicted molar refractivity (Wildman–Crippen MR) is 130 cm³/mol. The molecular formula is C27H24F6N5OU-. The Labute approximate surface area is 249 Å². The Balaban J connectivity index is 0.00000370. The number of halogens is 6. The van der Waals surface area contributed by atoms with Crippen molar-refractivity contribution in [3.8, 4) is 0 Å². The summed E-state index contributed by atoms with van der Waals surface area (Å²) in [5.41, 5.74) is 14.1. The number of fused-ring (bicyclic) bond motifs is 3.